The summed E-state index contributed by atoms with van der Waals surface area (Å²) in [5, 5.41) is 12.7. The number of aliphatic hydroxyl groups excluding tert-OH is 1. The molecule has 2 saturated heterocycles. The number of esters is 1. The molecule has 0 aromatic heterocycles. The van der Waals surface area contributed by atoms with Crippen LogP contribution in [-0.2, 0) is 28.7 Å². The van der Waals surface area contributed by atoms with E-state index in [0.717, 1.165) is 12.8 Å². The highest BCUT2D eigenvalue weighted by molar-refractivity contribution is 5.99. The third kappa shape index (κ3) is 5.30. The number of nitrogens with one attached hydrogen (secondary N) is 1. The number of β-amino-alcohol motifs (C(OH)–C–C–N with tert-alkyl or cyclic N) is 1. The third-order valence-corrected chi connectivity index (χ3v) is 8.66. The van der Waals surface area contributed by atoms with Crippen LogP contribution in [0.1, 0.15) is 51.2 Å². The Hall–Kier alpha value is -3.50. The lowest BCUT2D eigenvalue weighted by molar-refractivity contribution is -0.160. The van der Waals surface area contributed by atoms with Crippen molar-refractivity contribution in [3.05, 3.63) is 60.2 Å². The summed E-state index contributed by atoms with van der Waals surface area (Å²) < 4.78 is 12.4. The van der Waals surface area contributed by atoms with Gasteiger partial charge in [0.15, 0.2) is 0 Å². The molecule has 1 aromatic carbocycles. The maximum absolute atomic E-state index is 14.4. The highest BCUT2D eigenvalue weighted by Gasteiger charge is 2.73. The van der Waals surface area contributed by atoms with Crippen LogP contribution in [0.25, 0.3) is 0 Å². The fraction of sp³-hybridized carbons (Fsp3) is 0.548. The van der Waals surface area contributed by atoms with Crippen LogP contribution in [0.5, 0.6) is 0 Å². The van der Waals surface area contributed by atoms with E-state index in [-0.39, 0.29) is 44.0 Å². The maximum Gasteiger partial charge on any atom is 0.313 e. The predicted molar refractivity (Wildman–Crippen MR) is 149 cm³/mol. The van der Waals surface area contributed by atoms with Crippen LogP contribution in [0, 0.1) is 11.8 Å². The number of fused-ring (bicyclic) bond motifs is 2. The Morgan fingerprint density at radius 3 is 2.63 bits per heavy atom. The van der Waals surface area contributed by atoms with Crippen LogP contribution in [0.2, 0.25) is 0 Å². The van der Waals surface area contributed by atoms with E-state index in [1.807, 2.05) is 56.3 Å². The summed E-state index contributed by atoms with van der Waals surface area (Å²) in [7, 11) is 0. The van der Waals surface area contributed by atoms with Crippen molar-refractivity contribution in [1.29, 1.82) is 0 Å². The SMILES string of the molecule is CCCC(C)N1C/C=C\CCC(=O)NC[C@H](c2ccccc2)OC(=O)[C@@H]2[C@H]3C(=O)N(CCO)[C@H](C1=O)[C@]31C=C[C@H]2O1. The zero-order valence-electron chi connectivity index (χ0n) is 23.6. The number of hydrogen-bond donors (Lipinski definition) is 2. The number of carbonyl (C=O) groups excluding carboxylic acids is 4. The Morgan fingerprint density at radius 2 is 1.90 bits per heavy atom. The number of allylic oxidation sites excluding steroid dienone is 1. The first-order chi connectivity index (χ1) is 19.8. The molecular formula is C31H39N3O7. The monoisotopic (exact) mass is 565 g/mol. The van der Waals surface area contributed by atoms with Gasteiger partial charge in [-0.25, -0.2) is 0 Å². The number of ether oxygens (including phenoxy) is 2. The molecule has 2 fully saturated rings. The first-order valence-electron chi connectivity index (χ1n) is 14.6. The van der Waals surface area contributed by atoms with Crippen LogP contribution in [0.4, 0.5) is 0 Å². The van der Waals surface area contributed by atoms with Crippen molar-refractivity contribution in [3.8, 4) is 0 Å². The normalized spacial score (nSPS) is 33.5. The Balaban J connectivity index is 1.55. The summed E-state index contributed by atoms with van der Waals surface area (Å²) >= 11 is 0. The van der Waals surface area contributed by atoms with Crippen molar-refractivity contribution in [2.24, 2.45) is 11.8 Å². The van der Waals surface area contributed by atoms with Gasteiger partial charge in [-0.15, -0.1) is 0 Å². The zero-order valence-corrected chi connectivity index (χ0v) is 23.6. The standard InChI is InChI=1S/C31H39N3O7/c1-3-10-20(2)33-16-9-5-8-13-24(36)32-19-23(21-11-6-4-7-12-21)40-30(39)25-22-14-15-31(41-22)26(25)28(37)34(17-18-35)27(31)29(33)38/h4-7,9,11-12,14-15,20,22-23,25-27,35H,3,8,10,13,16-19H2,1-2H3,(H,32,36)/b9-5-/t20?,22-,23-,25+,26+,27-,31+/m1/s1. The van der Waals surface area contributed by atoms with Crippen LogP contribution in [0.3, 0.4) is 0 Å². The van der Waals surface area contributed by atoms with Gasteiger partial charge in [-0.05, 0) is 25.3 Å². The van der Waals surface area contributed by atoms with Crippen molar-refractivity contribution < 1.29 is 33.8 Å². The Bertz CT molecular complexity index is 1220. The van der Waals surface area contributed by atoms with Gasteiger partial charge in [0, 0.05) is 25.6 Å². The minimum atomic E-state index is -1.34. The van der Waals surface area contributed by atoms with Gasteiger partial charge in [0.1, 0.15) is 23.7 Å². The number of rotatable bonds is 6. The van der Waals surface area contributed by atoms with Gasteiger partial charge in [-0.3, -0.25) is 19.2 Å². The van der Waals surface area contributed by atoms with Crippen molar-refractivity contribution in [2.45, 2.75) is 69.4 Å². The first kappa shape index (κ1) is 29.0. The van der Waals surface area contributed by atoms with Crippen LogP contribution < -0.4 is 5.32 Å². The molecule has 2 N–H and O–H groups in total. The fourth-order valence-electron chi connectivity index (χ4n) is 6.71. The molecule has 41 heavy (non-hydrogen) atoms. The highest BCUT2D eigenvalue weighted by atomic mass is 16.6. The molecule has 0 saturated carbocycles. The van der Waals surface area contributed by atoms with Gasteiger partial charge in [0.2, 0.25) is 17.7 Å². The summed E-state index contributed by atoms with van der Waals surface area (Å²) in [4.78, 5) is 57.9. The number of cyclic esters (lactones) is 1. The van der Waals surface area contributed by atoms with Gasteiger partial charge in [-0.1, -0.05) is 68.0 Å². The molecule has 1 unspecified atom stereocenters. The molecule has 4 aliphatic heterocycles. The topological polar surface area (TPSA) is 125 Å². The Labute approximate surface area is 240 Å². The molecule has 1 aromatic rings. The van der Waals surface area contributed by atoms with E-state index in [2.05, 4.69) is 5.32 Å². The smallest absolute Gasteiger partial charge is 0.313 e. The lowest BCUT2D eigenvalue weighted by Gasteiger charge is -2.38. The molecule has 0 radical (unpaired) electrons. The molecule has 10 nitrogen and oxygen atoms in total. The van der Waals surface area contributed by atoms with Crippen molar-refractivity contribution in [3.63, 3.8) is 0 Å². The molecule has 10 heteroatoms. The number of benzene rings is 1. The predicted octanol–water partition coefficient (Wildman–Crippen LogP) is 1.90. The molecule has 220 valence electrons. The average Bonchev–Trinajstić information content (AvgIpc) is 3.60. The van der Waals surface area contributed by atoms with E-state index in [0.29, 0.717) is 18.5 Å². The van der Waals surface area contributed by atoms with Crippen molar-refractivity contribution in [2.75, 3.05) is 26.2 Å². The minimum Gasteiger partial charge on any atom is -0.455 e. The van der Waals surface area contributed by atoms with E-state index in [9.17, 15) is 24.3 Å². The van der Waals surface area contributed by atoms with Crippen LogP contribution >= 0.6 is 0 Å². The minimum absolute atomic E-state index is 0.0539. The molecule has 1 spiro atoms. The zero-order chi connectivity index (χ0) is 29.1. The number of carbonyl (C=O) groups is 4. The van der Waals surface area contributed by atoms with E-state index < -0.39 is 47.6 Å². The first-order valence-corrected chi connectivity index (χ1v) is 14.6. The van der Waals surface area contributed by atoms with Crippen LogP contribution in [-0.4, -0.2) is 88.6 Å². The number of aliphatic hydroxyl groups is 1. The second-order valence-corrected chi connectivity index (χ2v) is 11.2. The molecule has 5 bridgehead atoms. The third-order valence-electron chi connectivity index (χ3n) is 8.66. The van der Waals surface area contributed by atoms with Gasteiger partial charge < -0.3 is 29.7 Å². The number of hydrogen-bond acceptors (Lipinski definition) is 7. The van der Waals surface area contributed by atoms with Gasteiger partial charge >= 0.3 is 5.97 Å². The fourth-order valence-corrected chi connectivity index (χ4v) is 6.71. The molecular weight excluding hydrogens is 526 g/mol. The summed E-state index contributed by atoms with van der Waals surface area (Å²) in [6.45, 7) is 4.01. The van der Waals surface area contributed by atoms with E-state index in [4.69, 9.17) is 9.47 Å². The summed E-state index contributed by atoms with van der Waals surface area (Å²) in [5.74, 6) is -3.43. The summed E-state index contributed by atoms with van der Waals surface area (Å²) in [5.41, 5.74) is -0.628. The van der Waals surface area contributed by atoms with Gasteiger partial charge in [-0.2, -0.15) is 0 Å². The number of likely N-dealkylation sites (tertiary alicyclic amines) is 1. The summed E-state index contributed by atoms with van der Waals surface area (Å²) in [6, 6.07) is 7.98. The van der Waals surface area contributed by atoms with Crippen molar-refractivity contribution >= 4 is 23.7 Å². The van der Waals surface area contributed by atoms with Crippen LogP contribution in [0.15, 0.2) is 54.6 Å². The van der Waals surface area contributed by atoms with Gasteiger partial charge in [0.25, 0.3) is 0 Å². The largest absolute Gasteiger partial charge is 0.455 e. The molecule has 4 aliphatic rings. The number of amides is 3. The van der Waals surface area contributed by atoms with Crippen molar-refractivity contribution in [1.82, 2.24) is 15.1 Å². The number of nitrogens with zero attached hydrogens (tertiary/aromatic N) is 2. The van der Waals surface area contributed by atoms with E-state index >= 15 is 0 Å². The summed E-state index contributed by atoms with van der Waals surface area (Å²) in [6.07, 6.45) is 8.10. The molecule has 3 amide bonds. The second-order valence-electron chi connectivity index (χ2n) is 11.2. The van der Waals surface area contributed by atoms with Gasteiger partial charge in [0.05, 0.1) is 25.2 Å². The van der Waals surface area contributed by atoms with E-state index in [1.54, 1.807) is 17.1 Å². The Kier molecular flexibility index (Phi) is 8.60. The highest BCUT2D eigenvalue weighted by Crippen LogP contribution is 2.55. The van der Waals surface area contributed by atoms with E-state index in [1.165, 1.54) is 4.90 Å². The lowest BCUT2D eigenvalue weighted by Crippen LogP contribution is -2.57. The molecule has 4 heterocycles. The Morgan fingerprint density at radius 1 is 1.12 bits per heavy atom. The second kappa shape index (κ2) is 12.2. The average molecular weight is 566 g/mol. The maximum atomic E-state index is 14.4. The lowest BCUT2D eigenvalue weighted by atomic mass is 9.74. The molecule has 7 atom stereocenters. The quantitative estimate of drug-likeness (QED) is 0.399. The molecule has 0 aliphatic carbocycles. The molecule has 5 rings (SSSR count).